The van der Waals surface area contributed by atoms with E-state index >= 15 is 0 Å². The molecule has 0 saturated carbocycles. The summed E-state index contributed by atoms with van der Waals surface area (Å²) in [4.78, 5) is 6.61. The van der Waals surface area contributed by atoms with Gasteiger partial charge in [-0.05, 0) is 38.5 Å². The molecule has 1 fully saturated rings. The first-order chi connectivity index (χ1) is 11.2. The Balaban J connectivity index is 2.20. The summed E-state index contributed by atoms with van der Waals surface area (Å²) in [6, 6.07) is 5.32. The number of hydrogen-bond donors (Lipinski definition) is 1. The minimum Gasteiger partial charge on any atom is -0.357 e. The van der Waals surface area contributed by atoms with Crippen molar-refractivity contribution in [2.75, 3.05) is 25.4 Å². The number of aliphatic imine (C=N–C) groups is 1. The number of sulfone groups is 1. The van der Waals surface area contributed by atoms with E-state index in [0.29, 0.717) is 42.2 Å². The zero-order valence-electron chi connectivity index (χ0n) is 14.1. The molecule has 2 rings (SSSR count). The highest BCUT2D eigenvalue weighted by molar-refractivity contribution is 7.92. The lowest BCUT2D eigenvalue weighted by Gasteiger charge is -2.39. The first kappa shape index (κ1) is 19.3. The van der Waals surface area contributed by atoms with Gasteiger partial charge in [-0.1, -0.05) is 29.3 Å². The molecule has 1 aliphatic rings. The van der Waals surface area contributed by atoms with E-state index < -0.39 is 14.6 Å². The Labute approximate surface area is 154 Å². The quantitative estimate of drug-likeness (QED) is 0.635. The van der Waals surface area contributed by atoms with Crippen LogP contribution in [0.2, 0.25) is 10.0 Å². The van der Waals surface area contributed by atoms with Gasteiger partial charge in [0.1, 0.15) is 0 Å². The van der Waals surface area contributed by atoms with Crippen molar-refractivity contribution < 1.29 is 8.42 Å². The fourth-order valence-electron chi connectivity index (χ4n) is 2.56. The summed E-state index contributed by atoms with van der Waals surface area (Å²) in [6.45, 7) is 7.46. The fourth-order valence-corrected chi connectivity index (χ4v) is 4.39. The lowest BCUT2D eigenvalue weighted by Crippen LogP contribution is -2.57. The highest BCUT2D eigenvalue weighted by Gasteiger charge is 2.40. The van der Waals surface area contributed by atoms with E-state index in [4.69, 9.17) is 23.2 Å². The number of hydrogen-bond acceptors (Lipinski definition) is 3. The third-order valence-electron chi connectivity index (χ3n) is 4.09. The molecule has 1 aliphatic heterocycles. The second-order valence-electron chi connectivity index (χ2n) is 6.41. The first-order valence-electron chi connectivity index (χ1n) is 7.86. The molecule has 0 atom stereocenters. The van der Waals surface area contributed by atoms with Crippen LogP contribution in [0, 0.1) is 0 Å². The molecule has 1 N–H and O–H groups in total. The Bertz CT molecular complexity index is 733. The summed E-state index contributed by atoms with van der Waals surface area (Å²) in [5, 5.41) is 4.39. The zero-order chi connectivity index (χ0) is 18.0. The molecule has 0 bridgehead atoms. The molecule has 1 aromatic carbocycles. The monoisotopic (exact) mass is 391 g/mol. The maximum atomic E-state index is 12.2. The van der Waals surface area contributed by atoms with E-state index in [1.807, 2.05) is 17.9 Å². The van der Waals surface area contributed by atoms with Crippen molar-refractivity contribution in [1.82, 2.24) is 10.2 Å². The molecule has 0 spiro atoms. The standard InChI is InChI=1S/C16H23Cl2N3O2S/c1-4-19-15(20-10-12-5-6-13(17)9-14(12)18)21-7-8-24(22,23)16(2,3)11-21/h5-6,9H,4,7-8,10-11H2,1-3H3,(H,19,20). The minimum absolute atomic E-state index is 0.131. The van der Waals surface area contributed by atoms with Crippen LogP contribution in [-0.4, -0.2) is 49.4 Å². The van der Waals surface area contributed by atoms with Crippen LogP contribution in [0.25, 0.3) is 0 Å². The van der Waals surface area contributed by atoms with E-state index in [1.165, 1.54) is 0 Å². The predicted octanol–water partition coefficient (Wildman–Crippen LogP) is 2.97. The second kappa shape index (κ2) is 7.50. The molecule has 0 unspecified atom stereocenters. The van der Waals surface area contributed by atoms with Gasteiger partial charge in [-0.15, -0.1) is 0 Å². The maximum absolute atomic E-state index is 12.2. The topological polar surface area (TPSA) is 61.8 Å². The van der Waals surface area contributed by atoms with Gasteiger partial charge >= 0.3 is 0 Å². The largest absolute Gasteiger partial charge is 0.357 e. The lowest BCUT2D eigenvalue weighted by atomic mass is 10.2. The molecule has 24 heavy (non-hydrogen) atoms. The predicted molar refractivity (Wildman–Crippen MR) is 101 cm³/mol. The fraction of sp³-hybridized carbons (Fsp3) is 0.562. The van der Waals surface area contributed by atoms with Crippen LogP contribution in [0.4, 0.5) is 0 Å². The second-order valence-corrected chi connectivity index (χ2v) is 9.99. The third kappa shape index (κ3) is 4.35. The Morgan fingerprint density at radius 3 is 2.67 bits per heavy atom. The SMILES string of the molecule is CCNC(=NCc1ccc(Cl)cc1Cl)N1CCS(=O)(=O)C(C)(C)C1. The highest BCUT2D eigenvalue weighted by Crippen LogP contribution is 2.24. The number of nitrogens with one attached hydrogen (secondary N) is 1. The van der Waals surface area contributed by atoms with Crippen LogP contribution in [-0.2, 0) is 16.4 Å². The van der Waals surface area contributed by atoms with Crippen molar-refractivity contribution in [3.05, 3.63) is 33.8 Å². The molecule has 0 aromatic heterocycles. The van der Waals surface area contributed by atoms with Crippen LogP contribution in [0.3, 0.4) is 0 Å². The summed E-state index contributed by atoms with van der Waals surface area (Å²) in [5.41, 5.74) is 0.875. The molecule has 0 aliphatic carbocycles. The van der Waals surface area contributed by atoms with Gasteiger partial charge < -0.3 is 10.2 Å². The Hall–Kier alpha value is -0.980. The van der Waals surface area contributed by atoms with E-state index in [0.717, 1.165) is 5.56 Å². The van der Waals surface area contributed by atoms with Crippen molar-refractivity contribution in [2.24, 2.45) is 4.99 Å². The van der Waals surface area contributed by atoms with Crippen LogP contribution >= 0.6 is 23.2 Å². The number of nitrogens with zero attached hydrogens (tertiary/aromatic N) is 2. The number of rotatable bonds is 3. The zero-order valence-corrected chi connectivity index (χ0v) is 16.5. The van der Waals surface area contributed by atoms with Crippen molar-refractivity contribution in [3.8, 4) is 0 Å². The van der Waals surface area contributed by atoms with Crippen molar-refractivity contribution >= 4 is 39.0 Å². The normalized spacial score (nSPS) is 20.0. The average molecular weight is 392 g/mol. The van der Waals surface area contributed by atoms with Gasteiger partial charge in [-0.25, -0.2) is 13.4 Å². The third-order valence-corrected chi connectivity index (χ3v) is 7.21. The van der Waals surface area contributed by atoms with Gasteiger partial charge in [-0.2, -0.15) is 0 Å². The molecule has 0 radical (unpaired) electrons. The van der Waals surface area contributed by atoms with Gasteiger partial charge in [0.05, 0.1) is 17.0 Å². The summed E-state index contributed by atoms with van der Waals surface area (Å²) in [5.74, 6) is 0.832. The van der Waals surface area contributed by atoms with Crippen LogP contribution in [0.15, 0.2) is 23.2 Å². The van der Waals surface area contributed by atoms with Crippen LogP contribution < -0.4 is 5.32 Å². The number of benzene rings is 1. The Morgan fingerprint density at radius 1 is 1.38 bits per heavy atom. The smallest absolute Gasteiger partial charge is 0.194 e. The molecule has 1 heterocycles. The van der Waals surface area contributed by atoms with Crippen molar-refractivity contribution in [1.29, 1.82) is 0 Å². The molecule has 134 valence electrons. The molecular formula is C16H23Cl2N3O2S. The molecule has 1 aromatic rings. The van der Waals surface area contributed by atoms with Gasteiger partial charge in [0.15, 0.2) is 15.8 Å². The van der Waals surface area contributed by atoms with Gasteiger partial charge in [0.2, 0.25) is 0 Å². The number of guanidine groups is 1. The van der Waals surface area contributed by atoms with Gasteiger partial charge in [-0.3, -0.25) is 0 Å². The van der Waals surface area contributed by atoms with Gasteiger partial charge in [0.25, 0.3) is 0 Å². The summed E-state index contributed by atoms with van der Waals surface area (Å²) in [7, 11) is -3.08. The Morgan fingerprint density at radius 2 is 2.08 bits per heavy atom. The number of halogens is 2. The van der Waals surface area contributed by atoms with Crippen molar-refractivity contribution in [3.63, 3.8) is 0 Å². The van der Waals surface area contributed by atoms with Gasteiger partial charge in [0, 0.05) is 29.7 Å². The summed E-state index contributed by atoms with van der Waals surface area (Å²) < 4.78 is 23.5. The lowest BCUT2D eigenvalue weighted by molar-refractivity contribution is 0.353. The van der Waals surface area contributed by atoms with Crippen LogP contribution in [0.1, 0.15) is 26.3 Å². The summed E-state index contributed by atoms with van der Waals surface area (Å²) in [6.07, 6.45) is 0. The van der Waals surface area contributed by atoms with E-state index in [1.54, 1.807) is 26.0 Å². The van der Waals surface area contributed by atoms with E-state index in [-0.39, 0.29) is 5.75 Å². The van der Waals surface area contributed by atoms with E-state index in [2.05, 4.69) is 10.3 Å². The molecule has 8 heteroatoms. The van der Waals surface area contributed by atoms with Crippen LogP contribution in [0.5, 0.6) is 0 Å². The van der Waals surface area contributed by atoms with Crippen molar-refractivity contribution in [2.45, 2.75) is 32.1 Å². The maximum Gasteiger partial charge on any atom is 0.194 e. The molecular weight excluding hydrogens is 369 g/mol. The minimum atomic E-state index is -3.08. The molecule has 5 nitrogen and oxygen atoms in total. The molecule has 0 amide bonds. The average Bonchev–Trinajstić information content (AvgIpc) is 2.48. The van der Waals surface area contributed by atoms with E-state index in [9.17, 15) is 8.42 Å². The molecule has 1 saturated heterocycles. The Kier molecular flexibility index (Phi) is 6.04. The summed E-state index contributed by atoms with van der Waals surface area (Å²) >= 11 is 12.1. The first-order valence-corrected chi connectivity index (χ1v) is 10.3. The highest BCUT2D eigenvalue weighted by atomic mass is 35.5.